The molecule has 1 atom stereocenters. The summed E-state index contributed by atoms with van der Waals surface area (Å²) in [4.78, 5) is 19.1. The quantitative estimate of drug-likeness (QED) is 0.322. The van der Waals surface area contributed by atoms with E-state index in [2.05, 4.69) is 16.8 Å². The van der Waals surface area contributed by atoms with E-state index >= 15 is 4.39 Å². The van der Waals surface area contributed by atoms with Crippen molar-refractivity contribution in [2.24, 2.45) is 0 Å². The molecule has 0 saturated carbocycles. The van der Waals surface area contributed by atoms with Gasteiger partial charge in [0.2, 0.25) is 0 Å². The molecular weight excluding hydrogens is 597 g/mol. The monoisotopic (exact) mass is 631 g/mol. The summed E-state index contributed by atoms with van der Waals surface area (Å²) >= 11 is 6.59. The number of ether oxygens (including phenoxy) is 3. The highest BCUT2D eigenvalue weighted by molar-refractivity contribution is 7.93. The molecule has 0 aromatic heterocycles. The summed E-state index contributed by atoms with van der Waals surface area (Å²) in [6.45, 7) is 4.26. The molecule has 0 spiro atoms. The number of sulfonamides is 1. The molecule has 3 aromatic rings. The lowest BCUT2D eigenvalue weighted by Gasteiger charge is -2.34. The first-order valence-corrected chi connectivity index (χ1v) is 15.8. The van der Waals surface area contributed by atoms with Gasteiger partial charge in [-0.1, -0.05) is 29.8 Å². The lowest BCUT2D eigenvalue weighted by Crippen LogP contribution is -2.46. The summed E-state index contributed by atoms with van der Waals surface area (Å²) in [5.41, 5.74) is -1.21. The number of carbonyl (C=O) groups is 1. The Morgan fingerprint density at radius 1 is 0.884 bits per heavy atom. The molecule has 0 aliphatic carbocycles. The second-order valence-corrected chi connectivity index (χ2v) is 12.9. The number of rotatable bonds is 10. The number of methoxy groups -OCH3 is 3. The van der Waals surface area contributed by atoms with Gasteiger partial charge in [0.15, 0.2) is 11.5 Å². The van der Waals surface area contributed by atoms with E-state index < -0.39 is 27.2 Å². The summed E-state index contributed by atoms with van der Waals surface area (Å²) in [7, 11) is 1.77. The number of hydrogen-bond acceptors (Lipinski definition) is 8. The Hall–Kier alpha value is -3.38. The molecule has 0 bridgehead atoms. The second kappa shape index (κ2) is 12.3. The predicted molar refractivity (Wildman–Crippen MR) is 163 cm³/mol. The van der Waals surface area contributed by atoms with Gasteiger partial charge in [-0.15, -0.1) is 0 Å². The highest BCUT2D eigenvalue weighted by Gasteiger charge is 2.57. The van der Waals surface area contributed by atoms with Crippen molar-refractivity contribution < 1.29 is 31.8 Å². The van der Waals surface area contributed by atoms with Gasteiger partial charge in [0, 0.05) is 43.9 Å². The first-order valence-electron chi connectivity index (χ1n) is 13.9. The minimum atomic E-state index is -4.53. The summed E-state index contributed by atoms with van der Waals surface area (Å²) in [6.07, 6.45) is 0.670. The van der Waals surface area contributed by atoms with Crippen LogP contribution >= 0.6 is 11.6 Å². The van der Waals surface area contributed by atoms with Gasteiger partial charge in [-0.05, 0) is 56.3 Å². The molecule has 2 heterocycles. The SMILES string of the molecule is COc1cc2c(cc1Cl)C(CCCN1CCN(C)CC1)(c1ccccc1F)C(=O)N2S(=O)(=O)c1ccc(OC)c(OC)c1. The van der Waals surface area contributed by atoms with Gasteiger partial charge in [0.1, 0.15) is 17.0 Å². The van der Waals surface area contributed by atoms with E-state index in [0.717, 1.165) is 30.5 Å². The number of likely N-dealkylation sites (N-methyl/N-ethyl adjacent to an activating group) is 1. The van der Waals surface area contributed by atoms with Crippen LogP contribution in [-0.2, 0) is 20.2 Å². The molecule has 0 N–H and O–H groups in total. The number of anilines is 1. The van der Waals surface area contributed by atoms with Gasteiger partial charge in [-0.25, -0.2) is 17.1 Å². The van der Waals surface area contributed by atoms with Gasteiger partial charge in [-0.3, -0.25) is 4.79 Å². The number of nitrogens with zero attached hydrogens (tertiary/aromatic N) is 3. The molecule has 9 nitrogen and oxygen atoms in total. The third-order valence-electron chi connectivity index (χ3n) is 8.35. The number of amides is 1. The number of fused-ring (bicyclic) bond motifs is 1. The topological polar surface area (TPSA) is 88.6 Å². The minimum absolute atomic E-state index is 0.0592. The first kappa shape index (κ1) is 31.1. The molecule has 1 fully saturated rings. The molecule has 2 aliphatic heterocycles. The average molecular weight is 632 g/mol. The Bertz CT molecular complexity index is 1630. The van der Waals surface area contributed by atoms with Crippen LogP contribution in [-0.4, -0.2) is 85.2 Å². The van der Waals surface area contributed by atoms with E-state index in [9.17, 15) is 13.2 Å². The van der Waals surface area contributed by atoms with Crippen LogP contribution < -0.4 is 18.5 Å². The second-order valence-electron chi connectivity index (χ2n) is 10.7. The van der Waals surface area contributed by atoms with Crippen molar-refractivity contribution in [1.29, 1.82) is 0 Å². The van der Waals surface area contributed by atoms with Crippen molar-refractivity contribution in [3.05, 3.63) is 76.6 Å². The molecule has 43 heavy (non-hydrogen) atoms. The summed E-state index contributed by atoms with van der Waals surface area (Å²) in [5, 5.41) is 0.180. The summed E-state index contributed by atoms with van der Waals surface area (Å²) < 4.78 is 61.2. The van der Waals surface area contributed by atoms with Crippen LogP contribution in [0, 0.1) is 5.82 Å². The molecular formula is C31H35ClFN3O6S. The van der Waals surface area contributed by atoms with Crippen molar-refractivity contribution in [2.75, 3.05) is 65.4 Å². The van der Waals surface area contributed by atoms with Crippen LogP contribution in [0.15, 0.2) is 59.5 Å². The third-order valence-corrected chi connectivity index (χ3v) is 10.3. The van der Waals surface area contributed by atoms with Gasteiger partial charge < -0.3 is 24.0 Å². The normalized spacial score (nSPS) is 19.4. The fourth-order valence-electron chi connectivity index (χ4n) is 6.01. The standard InChI is InChI=1S/C31H35ClFN3O6S/c1-34-14-16-35(17-15-34)13-7-12-31(22-8-5-6-9-25(22)33)23-19-24(32)28(41-3)20-26(23)36(30(31)37)43(38,39)21-10-11-27(40-2)29(18-21)42-4/h5-6,8-11,18-20H,7,12-17H2,1-4H3. The highest BCUT2D eigenvalue weighted by Crippen LogP contribution is 2.54. The lowest BCUT2D eigenvalue weighted by atomic mass is 9.72. The lowest BCUT2D eigenvalue weighted by molar-refractivity contribution is -0.121. The zero-order valence-electron chi connectivity index (χ0n) is 24.6. The Morgan fingerprint density at radius 3 is 2.21 bits per heavy atom. The van der Waals surface area contributed by atoms with Crippen LogP contribution in [0.25, 0.3) is 0 Å². The maximum Gasteiger partial charge on any atom is 0.271 e. The Labute approximate surface area is 256 Å². The van der Waals surface area contributed by atoms with Crippen molar-refractivity contribution >= 4 is 33.2 Å². The molecule has 3 aromatic carbocycles. The predicted octanol–water partition coefficient (Wildman–Crippen LogP) is 4.55. The molecule has 0 radical (unpaired) electrons. The molecule has 5 rings (SSSR count). The van der Waals surface area contributed by atoms with Crippen LogP contribution in [0.1, 0.15) is 24.0 Å². The number of piperazine rings is 1. The van der Waals surface area contributed by atoms with E-state index in [0.29, 0.717) is 24.3 Å². The number of benzene rings is 3. The van der Waals surface area contributed by atoms with E-state index in [-0.39, 0.29) is 39.1 Å². The number of halogens is 2. The van der Waals surface area contributed by atoms with Gasteiger partial charge in [0.25, 0.3) is 15.9 Å². The summed E-state index contributed by atoms with van der Waals surface area (Å²) in [5.74, 6) is -0.712. The maximum atomic E-state index is 15.7. The van der Waals surface area contributed by atoms with Gasteiger partial charge in [0.05, 0.1) is 36.9 Å². The van der Waals surface area contributed by atoms with Crippen LogP contribution in [0.5, 0.6) is 17.2 Å². The third kappa shape index (κ3) is 5.43. The van der Waals surface area contributed by atoms with E-state index in [1.165, 1.54) is 69.9 Å². The Kier molecular flexibility index (Phi) is 8.89. The highest BCUT2D eigenvalue weighted by atomic mass is 35.5. The summed E-state index contributed by atoms with van der Waals surface area (Å²) in [6, 6.07) is 13.0. The maximum absolute atomic E-state index is 15.7. The average Bonchev–Trinajstić information content (AvgIpc) is 3.24. The molecule has 1 saturated heterocycles. The van der Waals surface area contributed by atoms with E-state index in [1.54, 1.807) is 6.07 Å². The minimum Gasteiger partial charge on any atom is -0.495 e. The molecule has 12 heteroatoms. The smallest absolute Gasteiger partial charge is 0.271 e. The van der Waals surface area contributed by atoms with Crippen molar-refractivity contribution in [3.63, 3.8) is 0 Å². The van der Waals surface area contributed by atoms with Crippen LogP contribution in [0.3, 0.4) is 0 Å². The molecule has 2 aliphatic rings. The van der Waals surface area contributed by atoms with Crippen molar-refractivity contribution in [2.45, 2.75) is 23.2 Å². The van der Waals surface area contributed by atoms with Gasteiger partial charge >= 0.3 is 0 Å². The fraction of sp³-hybridized carbons (Fsp3) is 0.387. The molecule has 230 valence electrons. The molecule has 1 unspecified atom stereocenters. The molecule has 1 amide bonds. The van der Waals surface area contributed by atoms with Crippen LogP contribution in [0.2, 0.25) is 5.02 Å². The van der Waals surface area contributed by atoms with Crippen LogP contribution in [0.4, 0.5) is 10.1 Å². The number of carbonyl (C=O) groups excluding carboxylic acids is 1. The van der Waals surface area contributed by atoms with E-state index in [1.807, 2.05) is 0 Å². The van der Waals surface area contributed by atoms with E-state index in [4.69, 9.17) is 25.8 Å². The fourth-order valence-corrected chi connectivity index (χ4v) is 7.74. The largest absolute Gasteiger partial charge is 0.495 e. The zero-order valence-corrected chi connectivity index (χ0v) is 26.2. The van der Waals surface area contributed by atoms with Crippen molar-refractivity contribution in [3.8, 4) is 17.2 Å². The first-order chi connectivity index (χ1) is 20.6. The Morgan fingerprint density at radius 2 is 1.56 bits per heavy atom. The Balaban J connectivity index is 1.67. The number of hydrogen-bond donors (Lipinski definition) is 0. The zero-order chi connectivity index (χ0) is 30.9. The van der Waals surface area contributed by atoms with Gasteiger partial charge in [-0.2, -0.15) is 0 Å². The van der Waals surface area contributed by atoms with Crippen molar-refractivity contribution in [1.82, 2.24) is 9.80 Å².